The predicted octanol–water partition coefficient (Wildman–Crippen LogP) is 1.67. The van der Waals surface area contributed by atoms with Crippen LogP contribution in [0.5, 0.6) is 0 Å². The van der Waals surface area contributed by atoms with Crippen LogP contribution >= 0.6 is 11.3 Å². The van der Waals surface area contributed by atoms with E-state index in [1.165, 1.54) is 11.3 Å². The first-order chi connectivity index (χ1) is 7.17. The number of nitrogen functional groups attached to an aromatic ring is 1. The van der Waals surface area contributed by atoms with Crippen molar-refractivity contribution < 1.29 is 9.53 Å². The van der Waals surface area contributed by atoms with E-state index in [9.17, 15) is 4.79 Å². The summed E-state index contributed by atoms with van der Waals surface area (Å²) in [6.45, 7) is 4.66. The summed E-state index contributed by atoms with van der Waals surface area (Å²) in [6, 6.07) is 3.64. The van der Waals surface area contributed by atoms with Gasteiger partial charge in [-0.3, -0.25) is 10.2 Å². The lowest BCUT2D eigenvalue weighted by Crippen LogP contribution is -2.29. The molecule has 1 heterocycles. The molecule has 1 amide bonds. The molecule has 1 unspecified atom stereocenters. The minimum atomic E-state index is -0.255. The van der Waals surface area contributed by atoms with Crippen molar-refractivity contribution in [3.63, 3.8) is 0 Å². The molecule has 4 nitrogen and oxygen atoms in total. The van der Waals surface area contributed by atoms with Gasteiger partial charge in [0.1, 0.15) is 0 Å². The van der Waals surface area contributed by atoms with E-state index in [0.29, 0.717) is 11.5 Å². The number of nitrogens with two attached hydrogens (primary N) is 1. The van der Waals surface area contributed by atoms with Gasteiger partial charge in [0, 0.05) is 4.88 Å². The van der Waals surface area contributed by atoms with Crippen molar-refractivity contribution >= 4 is 17.2 Å². The van der Waals surface area contributed by atoms with Crippen LogP contribution in [-0.2, 0) is 11.3 Å². The van der Waals surface area contributed by atoms with Crippen molar-refractivity contribution in [1.82, 2.24) is 5.43 Å². The molecule has 0 saturated heterocycles. The summed E-state index contributed by atoms with van der Waals surface area (Å²) in [7, 11) is 0. The molecule has 0 saturated carbocycles. The smallest absolute Gasteiger partial charge is 0.275 e. The molecule has 1 aromatic rings. The largest absolute Gasteiger partial charge is 0.373 e. The van der Waals surface area contributed by atoms with Gasteiger partial charge in [0.25, 0.3) is 5.91 Å². The molecule has 5 heteroatoms. The second-order valence-corrected chi connectivity index (χ2v) is 4.44. The number of ether oxygens (including phenoxy) is 1. The Bertz CT molecular complexity index is 325. The fourth-order valence-corrected chi connectivity index (χ4v) is 1.82. The second kappa shape index (κ2) is 5.85. The molecular formula is C10H16N2O2S. The maximum atomic E-state index is 11.2. The predicted molar refractivity (Wildman–Crippen MR) is 60.5 cm³/mol. The Morgan fingerprint density at radius 2 is 2.40 bits per heavy atom. The van der Waals surface area contributed by atoms with Gasteiger partial charge in [0.15, 0.2) is 0 Å². The molecular weight excluding hydrogens is 212 g/mol. The summed E-state index contributed by atoms with van der Waals surface area (Å²) in [5, 5.41) is 0. The number of nitrogens with one attached hydrogen (secondary N) is 1. The molecule has 1 aromatic heterocycles. The third-order valence-corrected chi connectivity index (χ3v) is 3.16. The molecule has 3 N–H and O–H groups in total. The fraction of sp³-hybridized carbons (Fsp3) is 0.500. The SMILES string of the molecule is CCC(C)OCc1ccc(C(=O)NN)s1. The van der Waals surface area contributed by atoms with Gasteiger partial charge < -0.3 is 4.74 Å². The molecule has 0 aliphatic heterocycles. The Labute approximate surface area is 93.4 Å². The first-order valence-electron chi connectivity index (χ1n) is 4.88. The highest BCUT2D eigenvalue weighted by Gasteiger charge is 2.08. The first kappa shape index (κ1) is 12.2. The van der Waals surface area contributed by atoms with Crippen LogP contribution in [0.25, 0.3) is 0 Å². The fourth-order valence-electron chi connectivity index (χ4n) is 0.991. The van der Waals surface area contributed by atoms with Crippen molar-refractivity contribution in [2.75, 3.05) is 0 Å². The van der Waals surface area contributed by atoms with Gasteiger partial charge >= 0.3 is 0 Å². The van der Waals surface area contributed by atoms with Crippen molar-refractivity contribution in [1.29, 1.82) is 0 Å². The van der Waals surface area contributed by atoms with Crippen molar-refractivity contribution in [2.24, 2.45) is 5.84 Å². The van der Waals surface area contributed by atoms with Crippen LogP contribution in [0.15, 0.2) is 12.1 Å². The van der Waals surface area contributed by atoms with Crippen LogP contribution in [0, 0.1) is 0 Å². The quantitative estimate of drug-likeness (QED) is 0.458. The monoisotopic (exact) mass is 228 g/mol. The lowest BCUT2D eigenvalue weighted by Gasteiger charge is -2.08. The minimum Gasteiger partial charge on any atom is -0.373 e. The normalized spacial score (nSPS) is 12.5. The van der Waals surface area contributed by atoms with Crippen LogP contribution in [0.3, 0.4) is 0 Å². The zero-order valence-corrected chi connectivity index (χ0v) is 9.76. The van der Waals surface area contributed by atoms with E-state index in [1.54, 1.807) is 6.07 Å². The molecule has 1 rings (SSSR count). The molecule has 0 aliphatic carbocycles. The van der Waals surface area contributed by atoms with Crippen LogP contribution in [-0.4, -0.2) is 12.0 Å². The van der Waals surface area contributed by atoms with Gasteiger partial charge in [-0.25, -0.2) is 5.84 Å². The average Bonchev–Trinajstić information content (AvgIpc) is 2.73. The Morgan fingerprint density at radius 1 is 1.67 bits per heavy atom. The summed E-state index contributed by atoms with van der Waals surface area (Å²) in [6.07, 6.45) is 1.24. The standard InChI is InChI=1S/C10H16N2O2S/c1-3-7(2)14-6-8-4-5-9(15-8)10(13)12-11/h4-5,7H,3,6,11H2,1-2H3,(H,12,13). The maximum Gasteiger partial charge on any atom is 0.275 e. The Kier molecular flexibility index (Phi) is 4.74. The summed E-state index contributed by atoms with van der Waals surface area (Å²) >= 11 is 1.40. The molecule has 0 radical (unpaired) electrons. The Balaban J connectivity index is 2.49. The summed E-state index contributed by atoms with van der Waals surface area (Å²) in [5.74, 6) is 4.78. The summed E-state index contributed by atoms with van der Waals surface area (Å²) in [4.78, 5) is 12.8. The average molecular weight is 228 g/mol. The summed E-state index contributed by atoms with van der Waals surface area (Å²) in [5.41, 5.74) is 2.10. The summed E-state index contributed by atoms with van der Waals surface area (Å²) < 4.78 is 5.55. The maximum absolute atomic E-state index is 11.2. The molecule has 0 aromatic carbocycles. The van der Waals surface area contributed by atoms with E-state index < -0.39 is 0 Å². The first-order valence-corrected chi connectivity index (χ1v) is 5.70. The van der Waals surface area contributed by atoms with E-state index >= 15 is 0 Å². The topological polar surface area (TPSA) is 64.3 Å². The molecule has 0 bridgehead atoms. The van der Waals surface area contributed by atoms with Crippen molar-refractivity contribution in [2.45, 2.75) is 33.0 Å². The van der Waals surface area contributed by atoms with Crippen LogP contribution in [0.2, 0.25) is 0 Å². The third-order valence-electron chi connectivity index (χ3n) is 2.10. The molecule has 84 valence electrons. The molecule has 0 spiro atoms. The lowest BCUT2D eigenvalue weighted by atomic mass is 10.3. The van der Waals surface area contributed by atoms with Crippen molar-refractivity contribution in [3.05, 3.63) is 21.9 Å². The number of rotatable bonds is 5. The zero-order valence-electron chi connectivity index (χ0n) is 8.95. The van der Waals surface area contributed by atoms with Gasteiger partial charge in [-0.2, -0.15) is 0 Å². The van der Waals surface area contributed by atoms with Gasteiger partial charge in [0.2, 0.25) is 0 Å². The molecule has 15 heavy (non-hydrogen) atoms. The van der Waals surface area contributed by atoms with Crippen LogP contribution in [0.4, 0.5) is 0 Å². The van der Waals surface area contributed by atoms with Gasteiger partial charge in [-0.1, -0.05) is 6.92 Å². The number of hydrogen-bond acceptors (Lipinski definition) is 4. The van der Waals surface area contributed by atoms with Gasteiger partial charge in [-0.15, -0.1) is 11.3 Å². The number of hydrogen-bond donors (Lipinski definition) is 2. The number of carbonyl (C=O) groups excluding carboxylic acids is 1. The number of carbonyl (C=O) groups is 1. The zero-order chi connectivity index (χ0) is 11.3. The number of amides is 1. The van der Waals surface area contributed by atoms with Gasteiger partial charge in [0.05, 0.1) is 17.6 Å². The Morgan fingerprint density at radius 3 is 3.00 bits per heavy atom. The molecule has 0 fully saturated rings. The van der Waals surface area contributed by atoms with Crippen LogP contribution < -0.4 is 11.3 Å². The van der Waals surface area contributed by atoms with E-state index in [0.717, 1.165) is 11.3 Å². The number of hydrazine groups is 1. The Hall–Kier alpha value is -0.910. The van der Waals surface area contributed by atoms with E-state index in [-0.39, 0.29) is 12.0 Å². The second-order valence-electron chi connectivity index (χ2n) is 3.27. The number of thiophene rings is 1. The molecule has 0 aliphatic rings. The van der Waals surface area contributed by atoms with Crippen molar-refractivity contribution in [3.8, 4) is 0 Å². The van der Waals surface area contributed by atoms with E-state index in [4.69, 9.17) is 10.6 Å². The lowest BCUT2D eigenvalue weighted by molar-refractivity contribution is 0.0525. The third kappa shape index (κ3) is 3.62. The highest BCUT2D eigenvalue weighted by Crippen LogP contribution is 2.17. The van der Waals surface area contributed by atoms with Crippen LogP contribution in [0.1, 0.15) is 34.8 Å². The van der Waals surface area contributed by atoms with E-state index in [1.807, 2.05) is 13.0 Å². The van der Waals surface area contributed by atoms with E-state index in [2.05, 4.69) is 12.3 Å². The highest BCUT2D eigenvalue weighted by molar-refractivity contribution is 7.14. The van der Waals surface area contributed by atoms with Gasteiger partial charge in [-0.05, 0) is 25.5 Å². The highest BCUT2D eigenvalue weighted by atomic mass is 32.1. The minimum absolute atomic E-state index is 0.249. The molecule has 1 atom stereocenters.